The molecule has 0 unspecified atom stereocenters. The normalized spacial score (nSPS) is 9.94. The van der Waals surface area contributed by atoms with Crippen molar-refractivity contribution in [2.75, 3.05) is 20.2 Å². The fraction of sp³-hybridized carbons (Fsp3) is 0.385. The van der Waals surface area contributed by atoms with Crippen LogP contribution in [-0.2, 0) is 9.59 Å². The van der Waals surface area contributed by atoms with E-state index >= 15 is 0 Å². The lowest BCUT2D eigenvalue weighted by Crippen LogP contribution is -2.35. The van der Waals surface area contributed by atoms with Crippen molar-refractivity contribution in [1.29, 1.82) is 0 Å². The second-order valence-electron chi connectivity index (χ2n) is 4.13. The molecule has 5 heteroatoms. The van der Waals surface area contributed by atoms with Gasteiger partial charge in [-0.2, -0.15) is 0 Å². The van der Waals surface area contributed by atoms with Crippen molar-refractivity contribution in [3.8, 4) is 5.75 Å². The van der Waals surface area contributed by atoms with Crippen LogP contribution in [0.1, 0.15) is 11.1 Å². The second-order valence-corrected chi connectivity index (χ2v) is 4.13. The van der Waals surface area contributed by atoms with Crippen LogP contribution < -0.4 is 4.74 Å². The molecule has 0 aliphatic rings. The van der Waals surface area contributed by atoms with Crippen LogP contribution in [0.3, 0.4) is 0 Å². The molecule has 0 aromatic heterocycles. The number of rotatable bonds is 5. The Hall–Kier alpha value is -2.04. The summed E-state index contributed by atoms with van der Waals surface area (Å²) in [4.78, 5) is 23.2. The highest BCUT2D eigenvalue weighted by atomic mass is 16.5. The summed E-state index contributed by atoms with van der Waals surface area (Å²) >= 11 is 0. The maximum Gasteiger partial charge on any atom is 0.323 e. The minimum atomic E-state index is -1.04. The third-order valence-electron chi connectivity index (χ3n) is 2.70. The van der Waals surface area contributed by atoms with Crippen molar-refractivity contribution < 1.29 is 19.4 Å². The molecule has 0 bridgehead atoms. The number of carbonyl (C=O) groups is 2. The topological polar surface area (TPSA) is 66.8 Å². The van der Waals surface area contributed by atoms with E-state index in [1.54, 1.807) is 6.07 Å². The number of ether oxygens (including phenoxy) is 1. The molecule has 0 saturated heterocycles. The van der Waals surface area contributed by atoms with Gasteiger partial charge in [-0.15, -0.1) is 0 Å². The van der Waals surface area contributed by atoms with E-state index in [4.69, 9.17) is 9.84 Å². The summed E-state index contributed by atoms with van der Waals surface area (Å²) in [7, 11) is 1.43. The minimum Gasteiger partial charge on any atom is -0.483 e. The lowest BCUT2D eigenvalue weighted by molar-refractivity contribution is -0.144. The van der Waals surface area contributed by atoms with Crippen LogP contribution >= 0.6 is 0 Å². The standard InChI is InChI=1S/C13H17NO4/c1-9-5-4-6-11(10(9)2)18-8-12(15)14(3)7-13(16)17/h4-6H,7-8H2,1-3H3,(H,16,17). The fourth-order valence-electron chi connectivity index (χ4n) is 1.42. The number of aliphatic carboxylic acids is 1. The molecule has 1 rings (SSSR count). The van der Waals surface area contributed by atoms with E-state index in [9.17, 15) is 9.59 Å². The average Bonchev–Trinajstić information content (AvgIpc) is 2.29. The van der Waals surface area contributed by atoms with E-state index in [0.717, 1.165) is 16.0 Å². The Bertz CT molecular complexity index is 456. The molecule has 1 amide bonds. The first kappa shape index (κ1) is 14.0. The lowest BCUT2D eigenvalue weighted by atomic mass is 10.1. The number of hydrogen-bond acceptors (Lipinski definition) is 3. The molecule has 5 nitrogen and oxygen atoms in total. The second kappa shape index (κ2) is 6.05. The summed E-state index contributed by atoms with van der Waals surface area (Å²) in [6.45, 7) is 3.39. The Labute approximate surface area is 106 Å². The molecule has 0 heterocycles. The van der Waals surface area contributed by atoms with Gasteiger partial charge in [0.05, 0.1) is 0 Å². The first-order chi connectivity index (χ1) is 8.41. The van der Waals surface area contributed by atoms with Crippen molar-refractivity contribution >= 4 is 11.9 Å². The maximum atomic E-state index is 11.6. The van der Waals surface area contributed by atoms with Crippen LogP contribution in [-0.4, -0.2) is 42.1 Å². The number of carboxylic acids is 1. The molecule has 1 aromatic rings. The van der Waals surface area contributed by atoms with Gasteiger partial charge in [0, 0.05) is 7.05 Å². The van der Waals surface area contributed by atoms with Gasteiger partial charge in [-0.25, -0.2) is 0 Å². The van der Waals surface area contributed by atoms with Gasteiger partial charge in [-0.1, -0.05) is 12.1 Å². The Balaban J connectivity index is 2.57. The van der Waals surface area contributed by atoms with Crippen LogP contribution in [0.25, 0.3) is 0 Å². The van der Waals surface area contributed by atoms with E-state index in [0.29, 0.717) is 5.75 Å². The average molecular weight is 251 g/mol. The lowest BCUT2D eigenvalue weighted by Gasteiger charge is -2.16. The van der Waals surface area contributed by atoms with Crippen LogP contribution in [0.4, 0.5) is 0 Å². The maximum absolute atomic E-state index is 11.6. The minimum absolute atomic E-state index is 0.159. The summed E-state index contributed by atoms with van der Waals surface area (Å²) in [5.41, 5.74) is 2.06. The summed E-state index contributed by atoms with van der Waals surface area (Å²) in [5.74, 6) is -0.761. The zero-order valence-electron chi connectivity index (χ0n) is 10.8. The first-order valence-electron chi connectivity index (χ1n) is 5.56. The number of hydrogen-bond donors (Lipinski definition) is 1. The Morgan fingerprint density at radius 2 is 2.00 bits per heavy atom. The number of aryl methyl sites for hydroxylation is 1. The van der Waals surface area contributed by atoms with Crippen molar-refractivity contribution in [2.24, 2.45) is 0 Å². The summed E-state index contributed by atoms with van der Waals surface area (Å²) in [6, 6.07) is 5.59. The van der Waals surface area contributed by atoms with Crippen molar-refractivity contribution in [2.45, 2.75) is 13.8 Å². The highest BCUT2D eigenvalue weighted by Gasteiger charge is 2.13. The van der Waals surface area contributed by atoms with E-state index in [-0.39, 0.29) is 19.1 Å². The van der Waals surface area contributed by atoms with Gasteiger partial charge < -0.3 is 14.7 Å². The van der Waals surface area contributed by atoms with E-state index in [1.165, 1.54) is 7.05 Å². The monoisotopic (exact) mass is 251 g/mol. The van der Waals surface area contributed by atoms with Gasteiger partial charge in [0.1, 0.15) is 12.3 Å². The molecular formula is C13H17NO4. The number of nitrogens with zero attached hydrogens (tertiary/aromatic N) is 1. The van der Waals surface area contributed by atoms with Crippen LogP contribution in [0.5, 0.6) is 5.75 Å². The first-order valence-corrected chi connectivity index (χ1v) is 5.56. The highest BCUT2D eigenvalue weighted by molar-refractivity contribution is 5.82. The van der Waals surface area contributed by atoms with Gasteiger partial charge in [-0.05, 0) is 31.0 Å². The van der Waals surface area contributed by atoms with Crippen LogP contribution in [0, 0.1) is 13.8 Å². The molecule has 0 saturated carbocycles. The molecule has 18 heavy (non-hydrogen) atoms. The van der Waals surface area contributed by atoms with Gasteiger partial charge in [0.2, 0.25) is 0 Å². The quantitative estimate of drug-likeness (QED) is 0.854. The fourth-order valence-corrected chi connectivity index (χ4v) is 1.42. The number of amides is 1. The predicted molar refractivity (Wildman–Crippen MR) is 66.7 cm³/mol. The van der Waals surface area contributed by atoms with E-state index in [1.807, 2.05) is 26.0 Å². The Morgan fingerprint density at radius 1 is 1.33 bits per heavy atom. The smallest absolute Gasteiger partial charge is 0.323 e. The summed E-state index contributed by atoms with van der Waals surface area (Å²) in [6.07, 6.45) is 0. The number of carbonyl (C=O) groups excluding carboxylic acids is 1. The summed E-state index contributed by atoms with van der Waals surface area (Å²) in [5, 5.41) is 8.56. The molecule has 0 radical (unpaired) electrons. The number of benzene rings is 1. The van der Waals surface area contributed by atoms with Gasteiger partial charge in [-0.3, -0.25) is 9.59 Å². The zero-order chi connectivity index (χ0) is 13.7. The summed E-state index contributed by atoms with van der Waals surface area (Å²) < 4.78 is 5.40. The van der Waals surface area contributed by atoms with Crippen molar-refractivity contribution in [3.63, 3.8) is 0 Å². The SMILES string of the molecule is Cc1cccc(OCC(=O)N(C)CC(=O)O)c1C. The molecule has 1 aromatic carbocycles. The van der Waals surface area contributed by atoms with E-state index < -0.39 is 5.97 Å². The van der Waals surface area contributed by atoms with Crippen LogP contribution in [0.15, 0.2) is 18.2 Å². The zero-order valence-corrected chi connectivity index (χ0v) is 10.8. The molecular weight excluding hydrogens is 234 g/mol. The highest BCUT2D eigenvalue weighted by Crippen LogP contribution is 2.20. The molecule has 0 aliphatic heterocycles. The van der Waals surface area contributed by atoms with Gasteiger partial charge in [0.25, 0.3) is 5.91 Å². The Morgan fingerprint density at radius 3 is 2.61 bits per heavy atom. The van der Waals surface area contributed by atoms with E-state index in [2.05, 4.69) is 0 Å². The van der Waals surface area contributed by atoms with Crippen LogP contribution in [0.2, 0.25) is 0 Å². The van der Waals surface area contributed by atoms with Crippen molar-refractivity contribution in [3.05, 3.63) is 29.3 Å². The van der Waals surface area contributed by atoms with Crippen molar-refractivity contribution in [1.82, 2.24) is 4.90 Å². The molecule has 0 aliphatic carbocycles. The molecule has 98 valence electrons. The number of carboxylic acid groups (broad SMARTS) is 1. The molecule has 1 N–H and O–H groups in total. The largest absolute Gasteiger partial charge is 0.483 e. The predicted octanol–water partition coefficient (Wildman–Crippen LogP) is 1.23. The van der Waals surface area contributed by atoms with Gasteiger partial charge >= 0.3 is 5.97 Å². The third kappa shape index (κ3) is 3.76. The van der Waals surface area contributed by atoms with Gasteiger partial charge in [0.15, 0.2) is 6.61 Å². The Kier molecular flexibility index (Phi) is 4.71. The molecule has 0 atom stereocenters. The third-order valence-corrected chi connectivity index (χ3v) is 2.70. The molecule has 0 fully saturated rings. The molecule has 0 spiro atoms. The number of likely N-dealkylation sites (N-methyl/N-ethyl adjacent to an activating group) is 1.